The van der Waals surface area contributed by atoms with E-state index >= 15 is 0 Å². The smallest absolute Gasteiger partial charge is 0.264 e. The lowest BCUT2D eigenvalue weighted by molar-refractivity contribution is 0.102. The summed E-state index contributed by atoms with van der Waals surface area (Å²) in [7, 11) is -8.04. The highest BCUT2D eigenvalue weighted by Crippen LogP contribution is 2.39. The van der Waals surface area contributed by atoms with Crippen LogP contribution < -0.4 is 20.1 Å². The van der Waals surface area contributed by atoms with E-state index in [9.17, 15) is 26.0 Å². The van der Waals surface area contributed by atoms with Crippen LogP contribution in [0.2, 0.25) is 5.02 Å². The molecule has 1 amide bonds. The van der Waals surface area contributed by atoms with Crippen LogP contribution in [0.4, 0.5) is 21.5 Å². The Labute approximate surface area is 217 Å². The standard InChI is InChI=1S/C23H21ClFN3O7S2/c1-36(30,31)34-13-16-12-28(37(32,33)17-5-2-4-14(26)10-17)20-11-15(8-9-21(20)35-16)27-23(29)22-18(24)6-3-7-19(22)25/h2-11,16H,12-13,26H2,1H3,(H,27,29)/t16-/m1/s1. The molecular formula is C23H21ClFN3O7S2. The molecular weight excluding hydrogens is 549 g/mol. The molecule has 3 N–H and O–H groups in total. The van der Waals surface area contributed by atoms with Gasteiger partial charge in [0, 0.05) is 11.4 Å². The van der Waals surface area contributed by atoms with Gasteiger partial charge in [0.1, 0.15) is 24.3 Å². The highest BCUT2D eigenvalue weighted by atomic mass is 35.5. The summed E-state index contributed by atoms with van der Waals surface area (Å²) in [5, 5.41) is 2.40. The summed E-state index contributed by atoms with van der Waals surface area (Å²) in [6, 6.07) is 13.6. The molecule has 0 radical (unpaired) electrons. The van der Waals surface area contributed by atoms with E-state index in [-0.39, 0.29) is 44.8 Å². The zero-order valence-electron chi connectivity index (χ0n) is 19.2. The lowest BCUT2D eigenvalue weighted by Crippen LogP contribution is -2.45. The van der Waals surface area contributed by atoms with Gasteiger partial charge >= 0.3 is 0 Å². The molecule has 0 aromatic heterocycles. The molecule has 0 saturated carbocycles. The maximum absolute atomic E-state index is 14.2. The van der Waals surface area contributed by atoms with E-state index in [0.29, 0.717) is 0 Å². The minimum absolute atomic E-state index is 0.0514. The first-order chi connectivity index (χ1) is 17.3. The van der Waals surface area contributed by atoms with Gasteiger partial charge in [0.2, 0.25) is 0 Å². The van der Waals surface area contributed by atoms with Crippen molar-refractivity contribution >= 4 is 54.7 Å². The summed E-state index contributed by atoms with van der Waals surface area (Å²) < 4.78 is 75.9. The number of benzene rings is 3. The molecule has 1 heterocycles. The minimum Gasteiger partial charge on any atom is -0.484 e. The van der Waals surface area contributed by atoms with Crippen LogP contribution in [0, 0.1) is 5.82 Å². The number of sulfonamides is 1. The van der Waals surface area contributed by atoms with Crippen LogP contribution in [0.15, 0.2) is 65.6 Å². The van der Waals surface area contributed by atoms with Gasteiger partial charge in [-0.05, 0) is 48.5 Å². The molecule has 1 atom stereocenters. The van der Waals surface area contributed by atoms with Crippen LogP contribution >= 0.6 is 11.6 Å². The quantitative estimate of drug-likeness (QED) is 0.326. The molecule has 3 aromatic carbocycles. The highest BCUT2D eigenvalue weighted by Gasteiger charge is 2.35. The first kappa shape index (κ1) is 26.7. The number of amides is 1. The Kier molecular flexibility index (Phi) is 7.33. The van der Waals surface area contributed by atoms with Crippen LogP contribution in [0.3, 0.4) is 0 Å². The molecule has 0 bridgehead atoms. The van der Waals surface area contributed by atoms with Crippen LogP contribution in [-0.2, 0) is 24.3 Å². The Morgan fingerprint density at radius 2 is 1.89 bits per heavy atom. The van der Waals surface area contributed by atoms with Crippen LogP contribution in [0.1, 0.15) is 10.4 Å². The number of nitrogen functional groups attached to an aromatic ring is 1. The lowest BCUT2D eigenvalue weighted by atomic mass is 10.1. The van der Waals surface area contributed by atoms with Crippen LogP contribution in [0.5, 0.6) is 5.75 Å². The highest BCUT2D eigenvalue weighted by molar-refractivity contribution is 7.92. The molecule has 1 aliphatic rings. The van der Waals surface area contributed by atoms with Crippen molar-refractivity contribution in [3.05, 3.63) is 77.1 Å². The molecule has 0 unspecified atom stereocenters. The lowest BCUT2D eigenvalue weighted by Gasteiger charge is -2.35. The topological polar surface area (TPSA) is 145 Å². The van der Waals surface area contributed by atoms with Gasteiger partial charge in [0.05, 0.1) is 34.0 Å². The number of rotatable bonds is 7. The van der Waals surface area contributed by atoms with Gasteiger partial charge in [0.25, 0.3) is 26.0 Å². The number of carbonyl (C=O) groups excluding carboxylic acids is 1. The summed E-state index contributed by atoms with van der Waals surface area (Å²) >= 11 is 5.97. The third-order valence-corrected chi connectivity index (χ3v) is 7.91. The normalized spacial score (nSPS) is 15.5. The number of hydrogen-bond acceptors (Lipinski definition) is 8. The second-order valence-corrected chi connectivity index (χ2v) is 12.0. The fraction of sp³-hybridized carbons (Fsp3) is 0.174. The summed E-state index contributed by atoms with van der Waals surface area (Å²) in [6.45, 7) is -0.748. The van der Waals surface area contributed by atoms with Gasteiger partial charge in [-0.3, -0.25) is 13.3 Å². The summed E-state index contributed by atoms with van der Waals surface area (Å²) in [5.74, 6) is -1.59. The largest absolute Gasteiger partial charge is 0.484 e. The predicted molar refractivity (Wildman–Crippen MR) is 136 cm³/mol. The third-order valence-electron chi connectivity index (χ3n) is 5.25. The van der Waals surface area contributed by atoms with Crippen molar-refractivity contribution in [1.82, 2.24) is 0 Å². The Balaban J connectivity index is 1.73. The number of fused-ring (bicyclic) bond motifs is 1. The average molecular weight is 570 g/mol. The summed E-state index contributed by atoms with van der Waals surface area (Å²) in [4.78, 5) is 12.6. The number of nitrogens with one attached hydrogen (secondary N) is 1. The Morgan fingerprint density at radius 1 is 1.16 bits per heavy atom. The van der Waals surface area contributed by atoms with E-state index in [0.717, 1.165) is 16.6 Å². The van der Waals surface area contributed by atoms with Gasteiger partial charge in [-0.2, -0.15) is 8.42 Å². The number of hydrogen-bond donors (Lipinski definition) is 2. The Morgan fingerprint density at radius 3 is 2.57 bits per heavy atom. The van der Waals surface area contributed by atoms with Gasteiger partial charge in [0.15, 0.2) is 0 Å². The van der Waals surface area contributed by atoms with Crippen molar-refractivity contribution in [2.24, 2.45) is 0 Å². The van der Waals surface area contributed by atoms with Gasteiger partial charge in [-0.25, -0.2) is 12.8 Å². The van der Waals surface area contributed by atoms with Crippen LogP contribution in [-0.4, -0.2) is 48.3 Å². The third kappa shape index (κ3) is 5.96. The second-order valence-electron chi connectivity index (χ2n) is 8.07. The monoisotopic (exact) mass is 569 g/mol. The van der Waals surface area contributed by atoms with Crippen molar-refractivity contribution in [1.29, 1.82) is 0 Å². The van der Waals surface area contributed by atoms with E-state index < -0.39 is 44.6 Å². The van der Waals surface area contributed by atoms with Gasteiger partial charge in [-0.15, -0.1) is 0 Å². The number of nitrogens with two attached hydrogens (primary N) is 1. The minimum atomic E-state index is -4.22. The van der Waals surface area contributed by atoms with E-state index in [1.807, 2.05) is 0 Å². The molecule has 14 heteroatoms. The maximum Gasteiger partial charge on any atom is 0.264 e. The van der Waals surface area contributed by atoms with E-state index in [2.05, 4.69) is 5.32 Å². The van der Waals surface area contributed by atoms with E-state index in [1.165, 1.54) is 54.6 Å². The second kappa shape index (κ2) is 10.2. The molecule has 4 rings (SSSR count). The Bertz CT molecular complexity index is 1560. The average Bonchev–Trinajstić information content (AvgIpc) is 2.81. The van der Waals surface area contributed by atoms with Crippen molar-refractivity contribution < 1.29 is 34.9 Å². The molecule has 0 saturated heterocycles. The molecule has 0 fully saturated rings. The fourth-order valence-corrected chi connectivity index (χ4v) is 5.82. The molecule has 37 heavy (non-hydrogen) atoms. The number of halogens is 2. The predicted octanol–water partition coefficient (Wildman–Crippen LogP) is 3.25. The maximum atomic E-state index is 14.2. The van der Waals surface area contributed by atoms with Crippen molar-refractivity contribution in [2.75, 3.05) is 34.8 Å². The zero-order chi connectivity index (χ0) is 27.0. The van der Waals surface area contributed by atoms with Crippen molar-refractivity contribution in [3.8, 4) is 5.75 Å². The Hall–Kier alpha value is -3.39. The van der Waals surface area contributed by atoms with Gasteiger partial charge in [-0.1, -0.05) is 23.7 Å². The van der Waals surface area contributed by atoms with E-state index in [1.54, 1.807) is 0 Å². The summed E-state index contributed by atoms with van der Waals surface area (Å²) in [6.07, 6.45) is -0.113. The molecule has 3 aromatic rings. The first-order valence-electron chi connectivity index (χ1n) is 10.6. The fourth-order valence-electron chi connectivity index (χ4n) is 3.61. The molecule has 10 nitrogen and oxygen atoms in total. The molecule has 1 aliphatic heterocycles. The van der Waals surface area contributed by atoms with Crippen LogP contribution in [0.25, 0.3) is 0 Å². The first-order valence-corrected chi connectivity index (χ1v) is 14.3. The van der Waals surface area contributed by atoms with Crippen molar-refractivity contribution in [3.63, 3.8) is 0 Å². The SMILES string of the molecule is CS(=O)(=O)OC[C@H]1CN(S(=O)(=O)c2cccc(N)c2)c2cc(NC(=O)c3c(F)cccc3Cl)ccc2O1. The van der Waals surface area contributed by atoms with E-state index in [4.69, 9.17) is 26.3 Å². The number of nitrogens with zero attached hydrogens (tertiary/aromatic N) is 1. The van der Waals surface area contributed by atoms with Gasteiger partial charge < -0.3 is 15.8 Å². The molecule has 196 valence electrons. The number of ether oxygens (including phenoxy) is 1. The number of anilines is 3. The number of carbonyl (C=O) groups is 1. The molecule has 0 spiro atoms. The van der Waals surface area contributed by atoms with Crippen molar-refractivity contribution in [2.45, 2.75) is 11.0 Å². The zero-order valence-corrected chi connectivity index (χ0v) is 21.6. The molecule has 0 aliphatic carbocycles. The summed E-state index contributed by atoms with van der Waals surface area (Å²) in [5.41, 5.74) is 5.80.